The van der Waals surface area contributed by atoms with Crippen LogP contribution in [0.3, 0.4) is 0 Å². The van der Waals surface area contributed by atoms with E-state index in [0.717, 1.165) is 17.3 Å². The van der Waals surface area contributed by atoms with Crippen molar-refractivity contribution < 1.29 is 0 Å². The zero-order chi connectivity index (χ0) is 12.3. The van der Waals surface area contributed by atoms with E-state index >= 15 is 0 Å². The summed E-state index contributed by atoms with van der Waals surface area (Å²) < 4.78 is 1.10. The van der Waals surface area contributed by atoms with E-state index in [1.165, 1.54) is 12.0 Å². The summed E-state index contributed by atoms with van der Waals surface area (Å²) in [4.78, 5) is 0. The Morgan fingerprint density at radius 3 is 2.71 bits per heavy atom. The second kappa shape index (κ2) is 5.66. The van der Waals surface area contributed by atoms with Gasteiger partial charge in [0.1, 0.15) is 0 Å². The number of benzene rings is 1. The molecule has 1 aromatic carbocycles. The minimum atomic E-state index is 0.188. The maximum atomic E-state index is 9.06. The van der Waals surface area contributed by atoms with E-state index < -0.39 is 0 Å². The molecule has 1 aromatic rings. The van der Waals surface area contributed by atoms with Crippen molar-refractivity contribution in [2.75, 3.05) is 0 Å². The highest BCUT2D eigenvalue weighted by atomic mass is 79.9. The van der Waals surface area contributed by atoms with Crippen LogP contribution in [0.25, 0.3) is 0 Å². The van der Waals surface area contributed by atoms with Crippen molar-refractivity contribution in [3.05, 3.63) is 34.3 Å². The molecule has 1 aliphatic carbocycles. The van der Waals surface area contributed by atoms with Gasteiger partial charge in [-0.05, 0) is 37.5 Å². The molecule has 0 saturated heterocycles. The monoisotopic (exact) mass is 292 g/mol. The van der Waals surface area contributed by atoms with Gasteiger partial charge >= 0.3 is 0 Å². The molecule has 2 unspecified atom stereocenters. The molecule has 0 aromatic heterocycles. The standard InChI is InChI=1S/C14H17BrN2/c1-10(11-5-7-13(15)8-6-11)17-14-4-2-3-12(14)9-16/h5-8,10,12,14,17H,2-4H2,1H3/t10-,12?,14?/m1/s1. The van der Waals surface area contributed by atoms with Crippen LogP contribution in [-0.4, -0.2) is 6.04 Å². The molecule has 90 valence electrons. The lowest BCUT2D eigenvalue weighted by Crippen LogP contribution is -2.33. The van der Waals surface area contributed by atoms with E-state index in [0.29, 0.717) is 12.1 Å². The summed E-state index contributed by atoms with van der Waals surface area (Å²) in [6.07, 6.45) is 3.34. The Labute approximate surface area is 111 Å². The fourth-order valence-electron chi connectivity index (χ4n) is 2.48. The van der Waals surface area contributed by atoms with Gasteiger partial charge in [-0.25, -0.2) is 0 Å². The van der Waals surface area contributed by atoms with Crippen LogP contribution in [0.2, 0.25) is 0 Å². The number of nitriles is 1. The largest absolute Gasteiger partial charge is 0.306 e. The van der Waals surface area contributed by atoms with Crippen molar-refractivity contribution in [3.8, 4) is 6.07 Å². The highest BCUT2D eigenvalue weighted by molar-refractivity contribution is 9.10. The molecular formula is C14H17BrN2. The van der Waals surface area contributed by atoms with E-state index in [-0.39, 0.29) is 5.92 Å². The van der Waals surface area contributed by atoms with Crippen molar-refractivity contribution in [2.24, 2.45) is 5.92 Å². The normalized spacial score (nSPS) is 25.5. The summed E-state index contributed by atoms with van der Waals surface area (Å²) in [5, 5.41) is 12.6. The first-order chi connectivity index (χ1) is 8.20. The molecule has 1 saturated carbocycles. The van der Waals surface area contributed by atoms with Gasteiger partial charge in [-0.2, -0.15) is 5.26 Å². The number of nitrogens with one attached hydrogen (secondary N) is 1. The minimum absolute atomic E-state index is 0.188. The number of rotatable bonds is 3. The number of nitrogens with zero attached hydrogens (tertiary/aromatic N) is 1. The van der Waals surface area contributed by atoms with Crippen LogP contribution >= 0.6 is 15.9 Å². The van der Waals surface area contributed by atoms with Gasteiger partial charge in [0.2, 0.25) is 0 Å². The third kappa shape index (κ3) is 3.08. The highest BCUT2D eigenvalue weighted by Crippen LogP contribution is 2.27. The molecule has 0 heterocycles. The van der Waals surface area contributed by atoms with Gasteiger partial charge < -0.3 is 5.32 Å². The zero-order valence-corrected chi connectivity index (χ0v) is 11.6. The second-order valence-electron chi connectivity index (χ2n) is 4.71. The lowest BCUT2D eigenvalue weighted by atomic mass is 10.0. The second-order valence-corrected chi connectivity index (χ2v) is 5.63. The Kier molecular flexibility index (Phi) is 4.20. The van der Waals surface area contributed by atoms with Gasteiger partial charge in [0.05, 0.1) is 12.0 Å². The van der Waals surface area contributed by atoms with Crippen LogP contribution in [0, 0.1) is 17.2 Å². The number of hydrogen-bond donors (Lipinski definition) is 1. The highest BCUT2D eigenvalue weighted by Gasteiger charge is 2.28. The smallest absolute Gasteiger partial charge is 0.0672 e. The van der Waals surface area contributed by atoms with Gasteiger partial charge in [0, 0.05) is 16.6 Å². The lowest BCUT2D eigenvalue weighted by Gasteiger charge is -2.22. The van der Waals surface area contributed by atoms with Crippen molar-refractivity contribution in [1.82, 2.24) is 5.32 Å². The molecule has 1 fully saturated rings. The summed E-state index contributed by atoms with van der Waals surface area (Å²) in [6, 6.07) is 11.4. The van der Waals surface area contributed by atoms with E-state index in [1.54, 1.807) is 0 Å². The topological polar surface area (TPSA) is 35.8 Å². The summed E-state index contributed by atoms with van der Waals surface area (Å²) in [7, 11) is 0. The van der Waals surface area contributed by atoms with Crippen LogP contribution in [0.4, 0.5) is 0 Å². The van der Waals surface area contributed by atoms with Gasteiger partial charge in [-0.1, -0.05) is 34.5 Å². The first kappa shape index (κ1) is 12.6. The number of halogens is 1. The maximum Gasteiger partial charge on any atom is 0.0672 e. The van der Waals surface area contributed by atoms with Crippen LogP contribution < -0.4 is 5.32 Å². The SMILES string of the molecule is C[C@@H](NC1CCCC1C#N)c1ccc(Br)cc1. The Morgan fingerprint density at radius 2 is 2.06 bits per heavy atom. The van der Waals surface area contributed by atoms with Crippen LogP contribution in [0.1, 0.15) is 37.8 Å². The molecule has 3 heteroatoms. The summed E-state index contributed by atoms with van der Waals surface area (Å²) in [5.41, 5.74) is 1.27. The molecule has 0 amide bonds. The van der Waals surface area contributed by atoms with E-state index in [9.17, 15) is 0 Å². The molecule has 1 N–H and O–H groups in total. The zero-order valence-electron chi connectivity index (χ0n) is 9.99. The summed E-state index contributed by atoms with van der Waals surface area (Å²) in [6.45, 7) is 2.16. The fraction of sp³-hybridized carbons (Fsp3) is 0.500. The van der Waals surface area contributed by atoms with Crippen molar-refractivity contribution in [1.29, 1.82) is 5.26 Å². The average molecular weight is 293 g/mol. The van der Waals surface area contributed by atoms with Gasteiger partial charge in [0.25, 0.3) is 0 Å². The van der Waals surface area contributed by atoms with E-state index in [4.69, 9.17) is 5.26 Å². The first-order valence-corrected chi connectivity index (χ1v) is 6.91. The Hall–Kier alpha value is -0.850. The Morgan fingerprint density at radius 1 is 1.35 bits per heavy atom. The number of hydrogen-bond acceptors (Lipinski definition) is 2. The molecule has 2 rings (SSSR count). The van der Waals surface area contributed by atoms with Crippen molar-refractivity contribution in [3.63, 3.8) is 0 Å². The van der Waals surface area contributed by atoms with Crippen molar-refractivity contribution >= 4 is 15.9 Å². The quantitative estimate of drug-likeness (QED) is 0.920. The van der Waals surface area contributed by atoms with Crippen LogP contribution in [0.5, 0.6) is 0 Å². The molecule has 0 radical (unpaired) electrons. The third-order valence-corrected chi connectivity index (χ3v) is 4.04. The molecular weight excluding hydrogens is 276 g/mol. The van der Waals surface area contributed by atoms with Gasteiger partial charge in [-0.3, -0.25) is 0 Å². The summed E-state index contributed by atoms with van der Waals surface area (Å²) >= 11 is 3.44. The van der Waals surface area contributed by atoms with E-state index in [2.05, 4.69) is 58.5 Å². The molecule has 3 atom stereocenters. The predicted octanol–water partition coefficient (Wildman–Crippen LogP) is 3.79. The fourth-order valence-corrected chi connectivity index (χ4v) is 2.75. The molecule has 17 heavy (non-hydrogen) atoms. The van der Waals surface area contributed by atoms with Gasteiger partial charge in [-0.15, -0.1) is 0 Å². The Bertz CT molecular complexity index is 407. The molecule has 0 spiro atoms. The average Bonchev–Trinajstić information content (AvgIpc) is 2.77. The molecule has 2 nitrogen and oxygen atoms in total. The Balaban J connectivity index is 1.99. The van der Waals surface area contributed by atoms with Crippen LogP contribution in [0.15, 0.2) is 28.7 Å². The molecule has 0 aliphatic heterocycles. The third-order valence-electron chi connectivity index (χ3n) is 3.52. The lowest BCUT2D eigenvalue weighted by molar-refractivity contribution is 0.417. The minimum Gasteiger partial charge on any atom is -0.306 e. The summed E-state index contributed by atoms with van der Waals surface area (Å²) in [5.74, 6) is 0.188. The van der Waals surface area contributed by atoms with Gasteiger partial charge in [0.15, 0.2) is 0 Å². The van der Waals surface area contributed by atoms with Crippen LogP contribution in [-0.2, 0) is 0 Å². The maximum absolute atomic E-state index is 9.06. The molecule has 0 bridgehead atoms. The predicted molar refractivity (Wildman–Crippen MR) is 72.4 cm³/mol. The van der Waals surface area contributed by atoms with E-state index in [1.807, 2.05) is 0 Å². The van der Waals surface area contributed by atoms with Crippen molar-refractivity contribution in [2.45, 2.75) is 38.3 Å². The molecule has 1 aliphatic rings. The first-order valence-electron chi connectivity index (χ1n) is 6.12.